The molecule has 0 atom stereocenters. The molecule has 22 heavy (non-hydrogen) atoms. The zero-order valence-corrected chi connectivity index (χ0v) is 13.3. The van der Waals surface area contributed by atoms with Gasteiger partial charge in [-0.3, -0.25) is 4.79 Å². The van der Waals surface area contributed by atoms with Gasteiger partial charge in [0.1, 0.15) is 0 Å². The van der Waals surface area contributed by atoms with Gasteiger partial charge < -0.3 is 15.1 Å². The smallest absolute Gasteiger partial charge is 0.255 e. The lowest BCUT2D eigenvalue weighted by Gasteiger charge is -2.14. The van der Waals surface area contributed by atoms with E-state index >= 15 is 0 Å². The summed E-state index contributed by atoms with van der Waals surface area (Å²) in [6.45, 7) is 1.04. The molecular weight excluding hydrogens is 274 g/mol. The number of carbonyl (C=O) groups is 1. The van der Waals surface area contributed by atoms with Crippen molar-refractivity contribution in [2.24, 2.45) is 0 Å². The summed E-state index contributed by atoms with van der Waals surface area (Å²) in [7, 11) is 6.03. The molecule has 0 bridgehead atoms. The van der Waals surface area contributed by atoms with Crippen molar-refractivity contribution < 1.29 is 4.79 Å². The Morgan fingerprint density at radius 2 is 2.00 bits per heavy atom. The monoisotopic (exact) mass is 295 g/mol. The standard InChI is InChI=1S/C18H21N3O/c1-20(2)16-6-4-5-14(12-16)18(22)19-15-7-8-17-13(11-15)9-10-21(17)3/h4-8,11-12H,9-10H2,1-3H3,(H,19,22). The predicted octanol–water partition coefficient (Wildman–Crippen LogP) is 3.00. The normalized spacial score (nSPS) is 13.0. The van der Waals surface area contributed by atoms with Crippen molar-refractivity contribution in [3.05, 3.63) is 53.6 Å². The largest absolute Gasteiger partial charge is 0.378 e. The summed E-state index contributed by atoms with van der Waals surface area (Å²) in [6, 6.07) is 13.7. The van der Waals surface area contributed by atoms with E-state index in [-0.39, 0.29) is 5.91 Å². The van der Waals surface area contributed by atoms with Gasteiger partial charge in [-0.05, 0) is 48.4 Å². The van der Waals surface area contributed by atoms with Gasteiger partial charge in [-0.2, -0.15) is 0 Å². The maximum absolute atomic E-state index is 12.4. The quantitative estimate of drug-likeness (QED) is 0.945. The molecule has 1 N–H and O–H groups in total. The second-order valence-electron chi connectivity index (χ2n) is 5.91. The lowest BCUT2D eigenvalue weighted by Crippen LogP contribution is -2.14. The Morgan fingerprint density at radius 1 is 1.18 bits per heavy atom. The number of hydrogen-bond acceptors (Lipinski definition) is 3. The molecule has 0 aliphatic carbocycles. The Bertz CT molecular complexity index is 709. The van der Waals surface area contributed by atoms with Crippen LogP contribution in [0.5, 0.6) is 0 Å². The molecule has 1 aliphatic rings. The first kappa shape index (κ1) is 14.4. The first-order chi connectivity index (χ1) is 10.5. The predicted molar refractivity (Wildman–Crippen MR) is 92.1 cm³/mol. The maximum atomic E-state index is 12.4. The Morgan fingerprint density at radius 3 is 2.77 bits per heavy atom. The Balaban J connectivity index is 1.79. The van der Waals surface area contributed by atoms with E-state index in [9.17, 15) is 4.79 Å². The fraction of sp³-hybridized carbons (Fsp3) is 0.278. The molecule has 3 rings (SSSR count). The van der Waals surface area contributed by atoms with Crippen LogP contribution in [0.25, 0.3) is 0 Å². The Kier molecular flexibility index (Phi) is 3.75. The summed E-state index contributed by atoms with van der Waals surface area (Å²) in [6.07, 6.45) is 1.03. The topological polar surface area (TPSA) is 35.6 Å². The van der Waals surface area contributed by atoms with Crippen LogP contribution in [-0.4, -0.2) is 33.6 Å². The van der Waals surface area contributed by atoms with E-state index in [0.717, 1.165) is 24.3 Å². The molecule has 4 heteroatoms. The molecule has 0 unspecified atom stereocenters. The van der Waals surface area contributed by atoms with E-state index in [1.54, 1.807) is 0 Å². The highest BCUT2D eigenvalue weighted by Gasteiger charge is 2.16. The zero-order chi connectivity index (χ0) is 15.7. The van der Waals surface area contributed by atoms with Crippen LogP contribution in [0.2, 0.25) is 0 Å². The van der Waals surface area contributed by atoms with Crippen LogP contribution in [0, 0.1) is 0 Å². The van der Waals surface area contributed by atoms with Crippen LogP contribution in [0.4, 0.5) is 17.1 Å². The highest BCUT2D eigenvalue weighted by Crippen LogP contribution is 2.29. The minimum absolute atomic E-state index is 0.0741. The molecule has 1 amide bonds. The van der Waals surface area contributed by atoms with E-state index in [0.29, 0.717) is 5.56 Å². The number of nitrogens with one attached hydrogen (secondary N) is 1. The molecule has 2 aromatic carbocycles. The number of nitrogens with zero attached hydrogens (tertiary/aromatic N) is 2. The number of anilines is 3. The van der Waals surface area contributed by atoms with E-state index in [1.807, 2.05) is 49.3 Å². The molecule has 1 heterocycles. The van der Waals surface area contributed by atoms with Gasteiger partial charge in [-0.15, -0.1) is 0 Å². The fourth-order valence-corrected chi connectivity index (χ4v) is 2.77. The van der Waals surface area contributed by atoms with Crippen molar-refractivity contribution >= 4 is 23.0 Å². The molecule has 0 aromatic heterocycles. The lowest BCUT2D eigenvalue weighted by atomic mass is 10.1. The van der Waals surface area contributed by atoms with E-state index in [2.05, 4.69) is 29.4 Å². The Hall–Kier alpha value is -2.49. The summed E-state index contributed by atoms with van der Waals surface area (Å²) in [4.78, 5) is 16.6. The zero-order valence-electron chi connectivity index (χ0n) is 13.3. The van der Waals surface area contributed by atoms with Crippen LogP contribution < -0.4 is 15.1 Å². The lowest BCUT2D eigenvalue weighted by molar-refractivity contribution is 0.102. The minimum atomic E-state index is -0.0741. The van der Waals surface area contributed by atoms with Crippen molar-refractivity contribution in [1.29, 1.82) is 0 Å². The van der Waals surface area contributed by atoms with Crippen molar-refractivity contribution in [2.75, 3.05) is 42.8 Å². The third-order valence-corrected chi connectivity index (χ3v) is 4.09. The number of likely N-dealkylation sites (N-methyl/N-ethyl adjacent to an activating group) is 1. The van der Waals surface area contributed by atoms with Crippen LogP contribution in [-0.2, 0) is 6.42 Å². The number of hydrogen-bond donors (Lipinski definition) is 1. The van der Waals surface area contributed by atoms with Crippen LogP contribution >= 0.6 is 0 Å². The molecule has 0 radical (unpaired) electrons. The highest BCUT2D eigenvalue weighted by atomic mass is 16.1. The number of carbonyl (C=O) groups excluding carboxylic acids is 1. The van der Waals surface area contributed by atoms with Gasteiger partial charge in [0.05, 0.1) is 0 Å². The number of rotatable bonds is 3. The van der Waals surface area contributed by atoms with Gasteiger partial charge in [0.25, 0.3) is 5.91 Å². The van der Waals surface area contributed by atoms with Crippen molar-refractivity contribution in [2.45, 2.75) is 6.42 Å². The molecule has 0 spiro atoms. The third-order valence-electron chi connectivity index (χ3n) is 4.09. The molecular formula is C18H21N3O. The van der Waals surface area contributed by atoms with E-state index in [1.165, 1.54) is 11.3 Å². The van der Waals surface area contributed by atoms with Gasteiger partial charge in [0.2, 0.25) is 0 Å². The summed E-state index contributed by atoms with van der Waals surface area (Å²) < 4.78 is 0. The van der Waals surface area contributed by atoms with Gasteiger partial charge in [0, 0.05) is 50.3 Å². The number of benzene rings is 2. The number of amides is 1. The third kappa shape index (κ3) is 2.77. The summed E-state index contributed by atoms with van der Waals surface area (Å²) in [5.41, 5.74) is 5.09. The Labute approximate surface area is 131 Å². The molecule has 2 aromatic rings. The second-order valence-corrected chi connectivity index (χ2v) is 5.91. The summed E-state index contributed by atoms with van der Waals surface area (Å²) >= 11 is 0. The van der Waals surface area contributed by atoms with Gasteiger partial charge in [-0.1, -0.05) is 6.07 Å². The van der Waals surface area contributed by atoms with E-state index < -0.39 is 0 Å². The maximum Gasteiger partial charge on any atom is 0.255 e. The van der Waals surface area contributed by atoms with Gasteiger partial charge in [0.15, 0.2) is 0 Å². The first-order valence-corrected chi connectivity index (χ1v) is 7.47. The highest BCUT2D eigenvalue weighted by molar-refractivity contribution is 6.05. The molecule has 0 saturated heterocycles. The van der Waals surface area contributed by atoms with Crippen molar-refractivity contribution in [3.63, 3.8) is 0 Å². The average Bonchev–Trinajstić information content (AvgIpc) is 2.88. The molecule has 114 valence electrons. The fourth-order valence-electron chi connectivity index (χ4n) is 2.77. The van der Waals surface area contributed by atoms with Crippen LogP contribution in [0.3, 0.4) is 0 Å². The summed E-state index contributed by atoms with van der Waals surface area (Å²) in [5.74, 6) is -0.0741. The number of fused-ring (bicyclic) bond motifs is 1. The summed E-state index contributed by atoms with van der Waals surface area (Å²) in [5, 5.41) is 2.99. The average molecular weight is 295 g/mol. The van der Waals surface area contributed by atoms with Crippen LogP contribution in [0.1, 0.15) is 15.9 Å². The minimum Gasteiger partial charge on any atom is -0.378 e. The molecule has 0 saturated carbocycles. The van der Waals surface area contributed by atoms with Crippen molar-refractivity contribution in [3.8, 4) is 0 Å². The first-order valence-electron chi connectivity index (χ1n) is 7.47. The molecule has 4 nitrogen and oxygen atoms in total. The second kappa shape index (κ2) is 5.72. The SMILES string of the molecule is CN(C)c1cccc(C(=O)Nc2ccc3c(c2)CCN3C)c1. The van der Waals surface area contributed by atoms with E-state index in [4.69, 9.17) is 0 Å². The van der Waals surface area contributed by atoms with Crippen molar-refractivity contribution in [1.82, 2.24) is 0 Å². The molecule has 1 aliphatic heterocycles. The van der Waals surface area contributed by atoms with Gasteiger partial charge >= 0.3 is 0 Å². The molecule has 0 fully saturated rings. The van der Waals surface area contributed by atoms with Crippen LogP contribution in [0.15, 0.2) is 42.5 Å². The van der Waals surface area contributed by atoms with Gasteiger partial charge in [-0.25, -0.2) is 0 Å².